The number of fused-ring (bicyclic) bond motifs is 1. The van der Waals surface area contributed by atoms with Crippen LogP contribution in [0.3, 0.4) is 0 Å². The molecule has 4 nitrogen and oxygen atoms in total. The largest absolute Gasteiger partial charge is 0.397 e. The lowest BCUT2D eigenvalue weighted by molar-refractivity contribution is 0.537. The van der Waals surface area contributed by atoms with E-state index in [4.69, 9.17) is 5.73 Å². The predicted molar refractivity (Wildman–Crippen MR) is 70.9 cm³/mol. The third-order valence-electron chi connectivity index (χ3n) is 3.65. The third-order valence-corrected chi connectivity index (χ3v) is 3.65. The van der Waals surface area contributed by atoms with Crippen molar-refractivity contribution in [1.82, 2.24) is 10.2 Å². The summed E-state index contributed by atoms with van der Waals surface area (Å²) in [6.45, 7) is 3.30. The molecule has 0 spiro atoms. The van der Waals surface area contributed by atoms with Gasteiger partial charge in [-0.2, -0.15) is 5.10 Å². The number of nitrogens with one attached hydrogen (secondary N) is 2. The van der Waals surface area contributed by atoms with E-state index in [0.717, 1.165) is 40.7 Å². The van der Waals surface area contributed by atoms with Crippen LogP contribution in [0.15, 0.2) is 18.3 Å². The first kappa shape index (κ1) is 10.4. The van der Waals surface area contributed by atoms with E-state index in [1.807, 2.05) is 12.1 Å². The second kappa shape index (κ2) is 3.95. The predicted octanol–water partition coefficient (Wildman–Crippen LogP) is 2.60. The molecule has 1 heterocycles. The summed E-state index contributed by atoms with van der Waals surface area (Å²) < 4.78 is 0. The van der Waals surface area contributed by atoms with Crippen LogP contribution in [0.5, 0.6) is 0 Å². The number of rotatable bonds is 4. The van der Waals surface area contributed by atoms with E-state index in [-0.39, 0.29) is 0 Å². The van der Waals surface area contributed by atoms with Gasteiger partial charge in [0.05, 0.1) is 23.1 Å². The molecule has 1 aromatic heterocycles. The smallest absolute Gasteiger partial charge is 0.0672 e. The van der Waals surface area contributed by atoms with E-state index in [0.29, 0.717) is 0 Å². The van der Waals surface area contributed by atoms with Crippen molar-refractivity contribution >= 4 is 22.3 Å². The van der Waals surface area contributed by atoms with Crippen molar-refractivity contribution < 1.29 is 0 Å². The highest BCUT2D eigenvalue weighted by Crippen LogP contribution is 2.36. The average molecular weight is 230 g/mol. The molecule has 4 N–H and O–H groups in total. The molecule has 90 valence electrons. The van der Waals surface area contributed by atoms with Gasteiger partial charge >= 0.3 is 0 Å². The summed E-state index contributed by atoms with van der Waals surface area (Å²) in [6.07, 6.45) is 4.57. The maximum atomic E-state index is 6.02. The molecule has 1 aromatic carbocycles. The minimum absolute atomic E-state index is 0.729. The molecule has 0 saturated heterocycles. The lowest BCUT2D eigenvalue weighted by Gasteiger charge is -2.14. The zero-order valence-electron chi connectivity index (χ0n) is 10.0. The second-order valence-corrected chi connectivity index (χ2v) is 5.09. The molecule has 17 heavy (non-hydrogen) atoms. The molecular formula is C13H18N4. The summed E-state index contributed by atoms with van der Waals surface area (Å²) in [5.41, 5.74) is 8.85. The molecule has 0 bridgehead atoms. The van der Waals surface area contributed by atoms with Crippen LogP contribution in [0, 0.1) is 11.8 Å². The van der Waals surface area contributed by atoms with Crippen LogP contribution in [0.2, 0.25) is 0 Å². The van der Waals surface area contributed by atoms with Gasteiger partial charge in [-0.05, 0) is 36.8 Å². The van der Waals surface area contributed by atoms with Crippen molar-refractivity contribution in [2.24, 2.45) is 11.8 Å². The van der Waals surface area contributed by atoms with Gasteiger partial charge in [-0.3, -0.25) is 5.10 Å². The van der Waals surface area contributed by atoms with Crippen molar-refractivity contribution in [1.29, 1.82) is 0 Å². The molecule has 1 saturated carbocycles. The normalized spacial score (nSPS) is 17.2. The number of aromatic amines is 1. The molecule has 1 atom stereocenters. The van der Waals surface area contributed by atoms with Crippen LogP contribution in [-0.4, -0.2) is 16.7 Å². The number of H-pyrrole nitrogens is 1. The highest BCUT2D eigenvalue weighted by atomic mass is 15.1. The first-order chi connectivity index (χ1) is 8.24. The van der Waals surface area contributed by atoms with Gasteiger partial charge in [0.2, 0.25) is 0 Å². The summed E-state index contributed by atoms with van der Waals surface area (Å²) in [4.78, 5) is 0. The number of anilines is 2. The summed E-state index contributed by atoms with van der Waals surface area (Å²) >= 11 is 0. The zero-order valence-corrected chi connectivity index (χ0v) is 10.0. The Labute approximate surface area is 101 Å². The van der Waals surface area contributed by atoms with Crippen LogP contribution >= 0.6 is 0 Å². The van der Waals surface area contributed by atoms with E-state index < -0.39 is 0 Å². The van der Waals surface area contributed by atoms with Gasteiger partial charge < -0.3 is 11.1 Å². The monoisotopic (exact) mass is 230 g/mol. The van der Waals surface area contributed by atoms with E-state index in [1.54, 1.807) is 6.20 Å². The Bertz CT molecular complexity index is 527. The van der Waals surface area contributed by atoms with Gasteiger partial charge in [-0.25, -0.2) is 0 Å². The maximum absolute atomic E-state index is 6.02. The molecule has 1 aliphatic carbocycles. The number of nitrogens with two attached hydrogens (primary N) is 1. The van der Waals surface area contributed by atoms with Crippen LogP contribution < -0.4 is 11.1 Å². The highest BCUT2D eigenvalue weighted by molar-refractivity contribution is 5.88. The van der Waals surface area contributed by atoms with Gasteiger partial charge in [-0.1, -0.05) is 6.92 Å². The molecular weight excluding hydrogens is 212 g/mol. The van der Waals surface area contributed by atoms with Crippen LogP contribution in [0.25, 0.3) is 10.9 Å². The number of benzene rings is 1. The first-order valence-corrected chi connectivity index (χ1v) is 6.20. The molecule has 0 radical (unpaired) electrons. The number of aromatic nitrogens is 2. The lowest BCUT2D eigenvalue weighted by atomic mass is 10.1. The van der Waals surface area contributed by atoms with Gasteiger partial charge in [-0.15, -0.1) is 0 Å². The Kier molecular flexibility index (Phi) is 2.42. The van der Waals surface area contributed by atoms with Gasteiger partial charge in [0.25, 0.3) is 0 Å². The van der Waals surface area contributed by atoms with Crippen molar-refractivity contribution in [3.8, 4) is 0 Å². The Morgan fingerprint density at radius 1 is 1.53 bits per heavy atom. The number of hydrogen-bond acceptors (Lipinski definition) is 3. The molecule has 1 fully saturated rings. The van der Waals surface area contributed by atoms with Crippen LogP contribution in [0.1, 0.15) is 19.8 Å². The molecule has 0 amide bonds. The zero-order chi connectivity index (χ0) is 11.8. The fourth-order valence-electron chi connectivity index (χ4n) is 2.26. The molecule has 3 rings (SSSR count). The highest BCUT2D eigenvalue weighted by Gasteiger charge is 2.27. The van der Waals surface area contributed by atoms with Crippen molar-refractivity contribution in [2.75, 3.05) is 17.6 Å². The van der Waals surface area contributed by atoms with Crippen LogP contribution in [-0.2, 0) is 0 Å². The number of hydrogen-bond donors (Lipinski definition) is 3. The molecule has 4 heteroatoms. The minimum atomic E-state index is 0.729. The molecule has 1 unspecified atom stereocenters. The SMILES string of the molecule is CC(CNc1cc2[nH]ncc2cc1N)C1CC1. The molecule has 0 aliphatic heterocycles. The second-order valence-electron chi connectivity index (χ2n) is 5.09. The number of nitrogen functional groups attached to an aromatic ring is 1. The van der Waals surface area contributed by atoms with Crippen molar-refractivity contribution in [2.45, 2.75) is 19.8 Å². The van der Waals surface area contributed by atoms with E-state index >= 15 is 0 Å². The Morgan fingerprint density at radius 3 is 3.12 bits per heavy atom. The van der Waals surface area contributed by atoms with E-state index in [1.165, 1.54) is 12.8 Å². The van der Waals surface area contributed by atoms with Gasteiger partial charge in [0.1, 0.15) is 0 Å². The molecule has 2 aromatic rings. The number of nitrogens with zero attached hydrogens (tertiary/aromatic N) is 1. The van der Waals surface area contributed by atoms with Gasteiger partial charge in [0.15, 0.2) is 0 Å². The summed E-state index contributed by atoms with van der Waals surface area (Å²) in [7, 11) is 0. The maximum Gasteiger partial charge on any atom is 0.0672 e. The summed E-state index contributed by atoms with van der Waals surface area (Å²) in [5.74, 6) is 1.64. The van der Waals surface area contributed by atoms with E-state index in [2.05, 4.69) is 22.4 Å². The standard InChI is InChI=1S/C13H18N4/c1-8(9-2-3-9)6-15-13-5-12-10(4-11(13)14)7-16-17-12/h4-5,7-9,15H,2-3,6,14H2,1H3,(H,16,17). The Morgan fingerprint density at radius 2 is 2.35 bits per heavy atom. The first-order valence-electron chi connectivity index (χ1n) is 6.20. The molecule has 1 aliphatic rings. The third kappa shape index (κ3) is 2.07. The van der Waals surface area contributed by atoms with Crippen LogP contribution in [0.4, 0.5) is 11.4 Å². The topological polar surface area (TPSA) is 66.7 Å². The Hall–Kier alpha value is -1.71. The lowest BCUT2D eigenvalue weighted by Crippen LogP contribution is -2.13. The minimum Gasteiger partial charge on any atom is -0.397 e. The van der Waals surface area contributed by atoms with Crippen molar-refractivity contribution in [3.63, 3.8) is 0 Å². The fourth-order valence-corrected chi connectivity index (χ4v) is 2.26. The summed E-state index contributed by atoms with van der Waals surface area (Å²) in [6, 6.07) is 4.00. The quantitative estimate of drug-likeness (QED) is 0.707. The summed E-state index contributed by atoms with van der Waals surface area (Å²) in [5, 5.41) is 11.5. The average Bonchev–Trinajstić information content (AvgIpc) is 3.07. The Balaban J connectivity index is 1.76. The van der Waals surface area contributed by atoms with Crippen molar-refractivity contribution in [3.05, 3.63) is 18.3 Å². The fraction of sp³-hybridized carbons (Fsp3) is 0.462. The van der Waals surface area contributed by atoms with E-state index in [9.17, 15) is 0 Å². The van der Waals surface area contributed by atoms with Gasteiger partial charge in [0, 0.05) is 11.9 Å².